The van der Waals surface area contributed by atoms with Crippen LogP contribution in [-0.4, -0.2) is 19.0 Å². The molecule has 0 bridgehead atoms. The zero-order chi connectivity index (χ0) is 9.30. The molecule has 4 nitrogen and oxygen atoms in total. The first-order valence-corrected chi connectivity index (χ1v) is 4.74. The molecule has 1 rings (SSSR count). The SMILES string of the molecule is CN(C)c1sc(Br)cc1[N+](=O)[O-]. The number of rotatable bonds is 2. The van der Waals surface area contributed by atoms with E-state index in [-0.39, 0.29) is 10.6 Å². The van der Waals surface area contributed by atoms with E-state index in [2.05, 4.69) is 15.9 Å². The van der Waals surface area contributed by atoms with Gasteiger partial charge in [0.2, 0.25) is 0 Å². The summed E-state index contributed by atoms with van der Waals surface area (Å²) in [6, 6.07) is 1.51. The third kappa shape index (κ3) is 1.75. The van der Waals surface area contributed by atoms with Crippen molar-refractivity contribution in [1.29, 1.82) is 0 Å². The number of hydrogen-bond acceptors (Lipinski definition) is 4. The number of thiophene rings is 1. The van der Waals surface area contributed by atoms with Gasteiger partial charge >= 0.3 is 5.69 Å². The summed E-state index contributed by atoms with van der Waals surface area (Å²) in [4.78, 5) is 11.9. The van der Waals surface area contributed by atoms with Gasteiger partial charge in [-0.1, -0.05) is 0 Å². The first-order valence-electron chi connectivity index (χ1n) is 3.13. The summed E-state index contributed by atoms with van der Waals surface area (Å²) < 4.78 is 0.776. The van der Waals surface area contributed by atoms with Crippen LogP contribution in [0.15, 0.2) is 9.85 Å². The van der Waals surface area contributed by atoms with Crippen molar-refractivity contribution < 1.29 is 4.92 Å². The third-order valence-electron chi connectivity index (χ3n) is 1.27. The molecule has 1 aromatic heterocycles. The van der Waals surface area contributed by atoms with Gasteiger partial charge in [0.1, 0.15) is 0 Å². The van der Waals surface area contributed by atoms with Crippen LogP contribution in [0.1, 0.15) is 0 Å². The van der Waals surface area contributed by atoms with E-state index in [1.165, 1.54) is 17.4 Å². The first kappa shape index (κ1) is 9.47. The minimum Gasteiger partial charge on any atom is -0.364 e. The van der Waals surface area contributed by atoms with Gasteiger partial charge in [0.05, 0.1) is 8.71 Å². The van der Waals surface area contributed by atoms with E-state index in [1.807, 2.05) is 0 Å². The van der Waals surface area contributed by atoms with Crippen molar-refractivity contribution in [3.8, 4) is 0 Å². The monoisotopic (exact) mass is 250 g/mol. The average Bonchev–Trinajstić information content (AvgIpc) is 2.31. The number of hydrogen-bond donors (Lipinski definition) is 0. The Labute approximate surface area is 82.1 Å². The van der Waals surface area contributed by atoms with Gasteiger partial charge in [0.15, 0.2) is 5.00 Å². The molecule has 0 fully saturated rings. The maximum Gasteiger partial charge on any atom is 0.304 e. The highest BCUT2D eigenvalue weighted by Gasteiger charge is 2.19. The number of halogens is 1. The highest BCUT2D eigenvalue weighted by atomic mass is 79.9. The second-order valence-corrected chi connectivity index (χ2v) is 4.80. The Morgan fingerprint density at radius 1 is 1.67 bits per heavy atom. The quantitative estimate of drug-likeness (QED) is 0.599. The van der Waals surface area contributed by atoms with Gasteiger partial charge in [-0.25, -0.2) is 0 Å². The van der Waals surface area contributed by atoms with Crippen molar-refractivity contribution in [3.63, 3.8) is 0 Å². The fourth-order valence-electron chi connectivity index (χ4n) is 0.795. The predicted molar refractivity (Wildman–Crippen MR) is 53.0 cm³/mol. The van der Waals surface area contributed by atoms with Crippen LogP contribution < -0.4 is 4.90 Å². The van der Waals surface area contributed by atoms with Crippen LogP contribution in [0.4, 0.5) is 10.7 Å². The third-order valence-corrected chi connectivity index (χ3v) is 3.06. The van der Waals surface area contributed by atoms with Crippen molar-refractivity contribution in [2.24, 2.45) is 0 Å². The summed E-state index contributed by atoms with van der Waals surface area (Å²) in [7, 11) is 3.57. The smallest absolute Gasteiger partial charge is 0.304 e. The Kier molecular flexibility index (Phi) is 2.69. The molecule has 6 heteroatoms. The molecule has 0 aromatic carbocycles. The minimum absolute atomic E-state index is 0.150. The maximum atomic E-state index is 10.5. The van der Waals surface area contributed by atoms with E-state index in [4.69, 9.17) is 0 Å². The summed E-state index contributed by atoms with van der Waals surface area (Å²) in [6.45, 7) is 0. The molecule has 0 spiro atoms. The van der Waals surface area contributed by atoms with Gasteiger partial charge in [0, 0.05) is 20.2 Å². The molecule has 0 atom stereocenters. The summed E-state index contributed by atoms with van der Waals surface area (Å²) in [5, 5.41) is 11.2. The van der Waals surface area contributed by atoms with Crippen LogP contribution in [-0.2, 0) is 0 Å². The van der Waals surface area contributed by atoms with Crippen molar-refractivity contribution in [3.05, 3.63) is 20.0 Å². The highest BCUT2D eigenvalue weighted by Crippen LogP contribution is 2.38. The van der Waals surface area contributed by atoms with Crippen LogP contribution >= 0.6 is 27.3 Å². The summed E-state index contributed by atoms with van der Waals surface area (Å²) in [5.74, 6) is 0. The van der Waals surface area contributed by atoms with Gasteiger partial charge in [-0.2, -0.15) is 0 Å². The molecule has 0 aliphatic carbocycles. The molecule has 0 saturated carbocycles. The molecule has 0 radical (unpaired) electrons. The fraction of sp³-hybridized carbons (Fsp3) is 0.333. The maximum absolute atomic E-state index is 10.5. The van der Waals surface area contributed by atoms with Gasteiger partial charge in [0.25, 0.3) is 0 Å². The minimum atomic E-state index is -0.378. The molecular formula is C6H7BrN2O2S. The molecule has 66 valence electrons. The van der Waals surface area contributed by atoms with E-state index in [9.17, 15) is 10.1 Å². The van der Waals surface area contributed by atoms with Crippen molar-refractivity contribution in [2.45, 2.75) is 0 Å². The Hall–Kier alpha value is -0.620. The molecule has 0 saturated heterocycles. The molecule has 1 heterocycles. The molecule has 0 aliphatic heterocycles. The molecule has 12 heavy (non-hydrogen) atoms. The van der Waals surface area contributed by atoms with E-state index in [0.29, 0.717) is 5.00 Å². The topological polar surface area (TPSA) is 46.4 Å². The van der Waals surface area contributed by atoms with Gasteiger partial charge in [-0.3, -0.25) is 10.1 Å². The molecule has 0 N–H and O–H groups in total. The normalized spacial score (nSPS) is 9.92. The van der Waals surface area contributed by atoms with Crippen LogP contribution in [0, 0.1) is 10.1 Å². The lowest BCUT2D eigenvalue weighted by Gasteiger charge is -2.06. The van der Waals surface area contributed by atoms with Crippen LogP contribution in [0.2, 0.25) is 0 Å². The highest BCUT2D eigenvalue weighted by molar-refractivity contribution is 9.11. The number of nitro groups is 1. The lowest BCUT2D eigenvalue weighted by atomic mass is 10.5. The summed E-state index contributed by atoms with van der Waals surface area (Å²) in [6.07, 6.45) is 0. The first-order chi connectivity index (χ1) is 5.52. The average molecular weight is 251 g/mol. The van der Waals surface area contributed by atoms with Crippen LogP contribution in [0.5, 0.6) is 0 Å². The van der Waals surface area contributed by atoms with Crippen molar-refractivity contribution >= 4 is 38.0 Å². The second-order valence-electron chi connectivity index (χ2n) is 2.39. The van der Waals surface area contributed by atoms with Gasteiger partial charge < -0.3 is 4.90 Å². The standard InChI is InChI=1S/C6H7BrN2O2S/c1-8(2)6-4(9(10)11)3-5(7)12-6/h3H,1-2H3. The Balaban J connectivity index is 3.17. The zero-order valence-corrected chi connectivity index (χ0v) is 8.98. The summed E-state index contributed by atoms with van der Waals surface area (Å²) in [5.41, 5.74) is 0.150. The zero-order valence-electron chi connectivity index (χ0n) is 6.57. The van der Waals surface area contributed by atoms with Gasteiger partial charge in [-0.15, -0.1) is 11.3 Å². The fourth-order valence-corrected chi connectivity index (χ4v) is 2.25. The number of anilines is 1. The Bertz CT molecular complexity index is 310. The molecule has 1 aromatic rings. The molecule has 0 unspecified atom stereocenters. The van der Waals surface area contributed by atoms with Crippen LogP contribution in [0.25, 0.3) is 0 Å². The van der Waals surface area contributed by atoms with E-state index in [0.717, 1.165) is 3.79 Å². The summed E-state index contributed by atoms with van der Waals surface area (Å²) >= 11 is 4.56. The second kappa shape index (κ2) is 3.40. The lowest BCUT2D eigenvalue weighted by molar-refractivity contribution is -0.383. The Morgan fingerprint density at radius 2 is 2.25 bits per heavy atom. The van der Waals surface area contributed by atoms with E-state index in [1.54, 1.807) is 19.0 Å². The molecule has 0 amide bonds. The van der Waals surface area contributed by atoms with Crippen molar-refractivity contribution in [1.82, 2.24) is 0 Å². The molecular weight excluding hydrogens is 244 g/mol. The largest absolute Gasteiger partial charge is 0.364 e. The van der Waals surface area contributed by atoms with Gasteiger partial charge in [-0.05, 0) is 15.9 Å². The lowest BCUT2D eigenvalue weighted by Crippen LogP contribution is -2.08. The predicted octanol–water partition coefficient (Wildman–Crippen LogP) is 2.48. The van der Waals surface area contributed by atoms with Crippen molar-refractivity contribution in [2.75, 3.05) is 19.0 Å². The van der Waals surface area contributed by atoms with Crippen LogP contribution in [0.3, 0.4) is 0 Å². The van der Waals surface area contributed by atoms with E-state index >= 15 is 0 Å². The Morgan fingerprint density at radius 3 is 2.58 bits per heavy atom. The molecule has 0 aliphatic rings. The number of nitrogens with zero attached hydrogens (tertiary/aromatic N) is 2. The van der Waals surface area contributed by atoms with E-state index < -0.39 is 0 Å².